The molecule has 0 aromatic carbocycles. The fourth-order valence-electron chi connectivity index (χ4n) is 1.61. The van der Waals surface area contributed by atoms with Crippen LogP contribution in [0, 0.1) is 5.92 Å². The minimum atomic E-state index is 0. The summed E-state index contributed by atoms with van der Waals surface area (Å²) in [4.78, 5) is 4.41. The van der Waals surface area contributed by atoms with Gasteiger partial charge in [-0.15, -0.1) is 17.0 Å². The van der Waals surface area contributed by atoms with Crippen LogP contribution in [0.3, 0.4) is 0 Å². The maximum Gasteiger partial charge on any atom is 0.191 e. The van der Waals surface area contributed by atoms with Gasteiger partial charge in [0.2, 0.25) is 0 Å². The highest BCUT2D eigenvalue weighted by molar-refractivity contribution is 8.93. The number of nitrogens with one attached hydrogen (secondary N) is 2. The van der Waals surface area contributed by atoms with E-state index in [9.17, 15) is 0 Å². The lowest BCUT2D eigenvalue weighted by molar-refractivity contribution is 0.259. The van der Waals surface area contributed by atoms with Gasteiger partial charge in [-0.1, -0.05) is 6.92 Å². The molecule has 1 heterocycles. The van der Waals surface area contributed by atoms with Crippen LogP contribution in [0.25, 0.3) is 0 Å². The number of nitrogens with zero attached hydrogens (tertiary/aromatic N) is 1. The summed E-state index contributed by atoms with van der Waals surface area (Å²) in [7, 11) is 0. The van der Waals surface area contributed by atoms with E-state index in [1.807, 2.05) is 0 Å². The lowest BCUT2D eigenvalue weighted by Crippen LogP contribution is -2.37. The molecule has 1 atom stereocenters. The Morgan fingerprint density at radius 2 is 2.25 bits per heavy atom. The summed E-state index contributed by atoms with van der Waals surface area (Å²) in [6.07, 6.45) is 4.36. The van der Waals surface area contributed by atoms with E-state index in [0.29, 0.717) is 12.5 Å². The van der Waals surface area contributed by atoms with Crippen molar-refractivity contribution in [1.82, 2.24) is 10.6 Å². The third kappa shape index (κ3) is 7.06. The molecule has 0 saturated carbocycles. The minimum Gasteiger partial charge on any atom is -0.396 e. The summed E-state index contributed by atoms with van der Waals surface area (Å²) in [5.41, 5.74) is 0. The van der Waals surface area contributed by atoms with Gasteiger partial charge < -0.3 is 15.7 Å². The average Bonchev–Trinajstić information content (AvgIpc) is 2.47. The molecule has 4 nitrogen and oxygen atoms in total. The smallest absolute Gasteiger partial charge is 0.191 e. The van der Waals surface area contributed by atoms with Gasteiger partial charge in [0.05, 0.1) is 0 Å². The Morgan fingerprint density at radius 3 is 3.00 bits per heavy atom. The zero-order valence-corrected chi connectivity index (χ0v) is 11.7. The number of halogens is 1. The van der Waals surface area contributed by atoms with Crippen LogP contribution in [-0.4, -0.2) is 37.3 Å². The molecular weight excluding hydrogens is 270 g/mol. The van der Waals surface area contributed by atoms with Crippen molar-refractivity contribution in [1.29, 1.82) is 0 Å². The van der Waals surface area contributed by atoms with Crippen molar-refractivity contribution in [3.8, 4) is 0 Å². The molecule has 1 aliphatic heterocycles. The molecule has 3 N–H and O–H groups in total. The normalized spacial score (nSPS) is 17.5. The van der Waals surface area contributed by atoms with E-state index in [0.717, 1.165) is 38.4 Å². The van der Waals surface area contributed by atoms with Crippen molar-refractivity contribution < 1.29 is 5.11 Å². The molecule has 0 spiro atoms. The van der Waals surface area contributed by atoms with E-state index in [-0.39, 0.29) is 17.0 Å². The Balaban J connectivity index is 0.00000225. The van der Waals surface area contributed by atoms with E-state index in [2.05, 4.69) is 22.5 Å². The maximum absolute atomic E-state index is 8.77. The predicted molar refractivity (Wildman–Crippen MR) is 73.3 cm³/mol. The summed E-state index contributed by atoms with van der Waals surface area (Å²) in [6, 6.07) is 0. The number of hydrogen-bond donors (Lipinski definition) is 3. The monoisotopic (exact) mass is 293 g/mol. The van der Waals surface area contributed by atoms with E-state index >= 15 is 0 Å². The summed E-state index contributed by atoms with van der Waals surface area (Å²) in [6.45, 7) is 5.35. The lowest BCUT2D eigenvalue weighted by Gasteiger charge is -2.13. The summed E-state index contributed by atoms with van der Waals surface area (Å²) in [5.74, 6) is 1.53. The Bertz CT molecular complexity index is 200. The Hall–Kier alpha value is -0.290. The second kappa shape index (κ2) is 9.90. The average molecular weight is 294 g/mol. The molecule has 0 aromatic rings. The molecule has 0 radical (unpaired) electrons. The van der Waals surface area contributed by atoms with E-state index < -0.39 is 0 Å². The van der Waals surface area contributed by atoms with Crippen LogP contribution in [0.5, 0.6) is 0 Å². The van der Waals surface area contributed by atoms with Crippen LogP contribution >= 0.6 is 17.0 Å². The molecule has 1 aliphatic rings. The van der Waals surface area contributed by atoms with Crippen molar-refractivity contribution in [2.45, 2.75) is 32.6 Å². The first-order valence-corrected chi connectivity index (χ1v) is 5.96. The highest BCUT2D eigenvalue weighted by Gasteiger charge is 2.04. The molecule has 96 valence electrons. The number of guanidine groups is 1. The second-order valence-electron chi connectivity index (χ2n) is 4.20. The van der Waals surface area contributed by atoms with Gasteiger partial charge in [-0.2, -0.15) is 0 Å². The summed E-state index contributed by atoms with van der Waals surface area (Å²) in [5, 5.41) is 15.4. The lowest BCUT2D eigenvalue weighted by atomic mass is 10.1. The fourth-order valence-corrected chi connectivity index (χ4v) is 1.61. The van der Waals surface area contributed by atoms with Crippen molar-refractivity contribution in [3.05, 3.63) is 0 Å². The Labute approximate surface area is 109 Å². The van der Waals surface area contributed by atoms with Crippen LogP contribution in [0.2, 0.25) is 0 Å². The van der Waals surface area contributed by atoms with Gasteiger partial charge in [-0.3, -0.25) is 4.99 Å². The quantitative estimate of drug-likeness (QED) is 0.716. The highest BCUT2D eigenvalue weighted by atomic mass is 79.9. The molecular formula is C11H24BrN3O. The molecule has 0 saturated heterocycles. The fraction of sp³-hybridized carbons (Fsp3) is 0.909. The third-order valence-electron chi connectivity index (χ3n) is 2.70. The van der Waals surface area contributed by atoms with Gasteiger partial charge in [0, 0.05) is 26.2 Å². The van der Waals surface area contributed by atoms with Gasteiger partial charge in [0.25, 0.3) is 0 Å². The first-order chi connectivity index (χ1) is 7.33. The van der Waals surface area contributed by atoms with Crippen LogP contribution in [0.4, 0.5) is 0 Å². The van der Waals surface area contributed by atoms with Crippen LogP contribution in [0.15, 0.2) is 4.99 Å². The molecule has 0 aromatic heterocycles. The number of hydrogen-bond acceptors (Lipinski definition) is 4. The SMILES string of the molecule is Br.CC(CCO)CCNC1=NCCCCN1. The molecule has 0 bridgehead atoms. The molecule has 1 unspecified atom stereocenters. The number of aliphatic imine (C=N–C) groups is 1. The van der Waals surface area contributed by atoms with Crippen LogP contribution in [0.1, 0.15) is 32.6 Å². The Kier molecular flexibility index (Phi) is 9.72. The van der Waals surface area contributed by atoms with Crippen molar-refractivity contribution in [2.24, 2.45) is 10.9 Å². The number of rotatable bonds is 5. The zero-order chi connectivity index (χ0) is 10.9. The van der Waals surface area contributed by atoms with Gasteiger partial charge in [0.1, 0.15) is 0 Å². The topological polar surface area (TPSA) is 56.6 Å². The minimum absolute atomic E-state index is 0. The van der Waals surface area contributed by atoms with Crippen molar-refractivity contribution >= 4 is 22.9 Å². The summed E-state index contributed by atoms with van der Waals surface area (Å²) >= 11 is 0. The van der Waals surface area contributed by atoms with Gasteiger partial charge in [-0.25, -0.2) is 0 Å². The Morgan fingerprint density at radius 1 is 1.44 bits per heavy atom. The summed E-state index contributed by atoms with van der Waals surface area (Å²) < 4.78 is 0. The predicted octanol–water partition coefficient (Wildman–Crippen LogP) is 1.30. The number of aliphatic hydroxyl groups excluding tert-OH is 1. The van der Waals surface area contributed by atoms with Crippen molar-refractivity contribution in [3.63, 3.8) is 0 Å². The molecule has 5 heteroatoms. The molecule has 0 amide bonds. The highest BCUT2D eigenvalue weighted by Crippen LogP contribution is 2.04. The van der Waals surface area contributed by atoms with Crippen LogP contribution < -0.4 is 10.6 Å². The first-order valence-electron chi connectivity index (χ1n) is 5.96. The van der Waals surface area contributed by atoms with Gasteiger partial charge in [-0.05, 0) is 31.6 Å². The van der Waals surface area contributed by atoms with Gasteiger partial charge >= 0.3 is 0 Å². The van der Waals surface area contributed by atoms with Crippen molar-refractivity contribution in [2.75, 3.05) is 26.2 Å². The van der Waals surface area contributed by atoms with E-state index in [1.54, 1.807) is 0 Å². The molecule has 16 heavy (non-hydrogen) atoms. The molecule has 0 fully saturated rings. The maximum atomic E-state index is 8.77. The second-order valence-corrected chi connectivity index (χ2v) is 4.20. The van der Waals surface area contributed by atoms with E-state index in [1.165, 1.54) is 12.8 Å². The first kappa shape index (κ1) is 15.7. The third-order valence-corrected chi connectivity index (χ3v) is 2.70. The zero-order valence-electron chi connectivity index (χ0n) is 10.0. The number of aliphatic hydroxyl groups is 1. The van der Waals surface area contributed by atoms with Gasteiger partial charge in [0.15, 0.2) is 5.96 Å². The molecule has 1 rings (SSSR count). The van der Waals surface area contributed by atoms with Crippen LogP contribution in [-0.2, 0) is 0 Å². The van der Waals surface area contributed by atoms with E-state index in [4.69, 9.17) is 5.11 Å². The molecule has 0 aliphatic carbocycles. The standard InChI is InChI=1S/C11H23N3O.BrH/c1-10(5-9-15)4-8-14-11-12-6-2-3-7-13-11;/h10,15H,2-9H2,1H3,(H2,12,13,14);1H. The largest absolute Gasteiger partial charge is 0.396 e.